The van der Waals surface area contributed by atoms with Gasteiger partial charge in [-0.15, -0.1) is 0 Å². The van der Waals surface area contributed by atoms with Crippen molar-refractivity contribution in [2.75, 3.05) is 24.2 Å². The number of aryl methyl sites for hydroxylation is 1. The molecule has 3 aromatic carbocycles. The molecule has 9 heteroatoms. The van der Waals surface area contributed by atoms with Crippen molar-refractivity contribution in [3.8, 4) is 22.6 Å². The predicted octanol–water partition coefficient (Wildman–Crippen LogP) is 5.78. The zero-order valence-electron chi connectivity index (χ0n) is 19.5. The summed E-state index contributed by atoms with van der Waals surface area (Å²) in [6.45, 7) is 0.306. The van der Waals surface area contributed by atoms with Crippen LogP contribution in [0.5, 0.6) is 11.5 Å². The predicted molar refractivity (Wildman–Crippen MR) is 131 cm³/mol. The second-order valence-electron chi connectivity index (χ2n) is 8.23. The van der Waals surface area contributed by atoms with Crippen molar-refractivity contribution in [1.29, 1.82) is 0 Å². The van der Waals surface area contributed by atoms with Crippen LogP contribution in [0.2, 0.25) is 0 Å². The highest BCUT2D eigenvalue weighted by molar-refractivity contribution is 7.92. The molecule has 1 aliphatic rings. The Kier molecular flexibility index (Phi) is 7.57. The van der Waals surface area contributed by atoms with E-state index in [-0.39, 0.29) is 5.75 Å². The Morgan fingerprint density at radius 3 is 2.63 bits per heavy atom. The van der Waals surface area contributed by atoms with E-state index < -0.39 is 22.7 Å². The number of benzene rings is 3. The standard InChI is InChI=1S/C26H27F2NO5S/c1-3-32-14-6-8-17-7-4-9-18(15-17)25-21-16-19(29-35(2,30)31)12-13-20(21)24-22(33-25)10-5-11-23(24)34-26(27)28/h4-5,7,9-13,15-16,25-26,29H,3,6,8,14H2,1-2H3. The Morgan fingerprint density at radius 1 is 1.09 bits per heavy atom. The van der Waals surface area contributed by atoms with E-state index >= 15 is 0 Å². The van der Waals surface area contributed by atoms with Gasteiger partial charge in [0.2, 0.25) is 10.0 Å². The summed E-state index contributed by atoms with van der Waals surface area (Å²) >= 11 is 0. The summed E-state index contributed by atoms with van der Waals surface area (Å²) in [6.07, 6.45) is 2.19. The maximum atomic E-state index is 13.1. The maximum absolute atomic E-state index is 13.1. The van der Waals surface area contributed by atoms with Crippen LogP contribution in [0.15, 0.2) is 60.7 Å². The maximum Gasteiger partial charge on any atom is 0.387 e. The van der Waals surface area contributed by atoms with Crippen molar-refractivity contribution < 1.29 is 31.4 Å². The molecule has 186 valence electrons. The summed E-state index contributed by atoms with van der Waals surface area (Å²) < 4.78 is 68.9. The zero-order valence-corrected chi connectivity index (χ0v) is 20.3. The second kappa shape index (κ2) is 10.6. The molecule has 1 unspecified atom stereocenters. The van der Waals surface area contributed by atoms with Gasteiger partial charge in [0.05, 0.1) is 11.8 Å². The summed E-state index contributed by atoms with van der Waals surface area (Å²) in [4.78, 5) is 0. The van der Waals surface area contributed by atoms with E-state index in [0.717, 1.165) is 30.2 Å². The molecule has 3 aromatic rings. The van der Waals surface area contributed by atoms with E-state index in [1.54, 1.807) is 30.3 Å². The van der Waals surface area contributed by atoms with Gasteiger partial charge in [0.15, 0.2) is 0 Å². The molecule has 0 bridgehead atoms. The van der Waals surface area contributed by atoms with Gasteiger partial charge in [-0.2, -0.15) is 8.78 Å². The number of nitrogens with one attached hydrogen (secondary N) is 1. The fraction of sp³-hybridized carbons (Fsp3) is 0.308. The number of fused-ring (bicyclic) bond motifs is 3. The zero-order chi connectivity index (χ0) is 25.0. The molecule has 1 N–H and O–H groups in total. The first-order chi connectivity index (χ1) is 16.7. The van der Waals surface area contributed by atoms with Crippen molar-refractivity contribution in [3.05, 3.63) is 77.4 Å². The fourth-order valence-electron chi connectivity index (χ4n) is 4.23. The molecule has 6 nitrogen and oxygen atoms in total. The number of sulfonamides is 1. The van der Waals surface area contributed by atoms with Crippen molar-refractivity contribution in [2.24, 2.45) is 0 Å². The lowest BCUT2D eigenvalue weighted by Gasteiger charge is -2.31. The minimum absolute atomic E-state index is 0.00861. The van der Waals surface area contributed by atoms with Gasteiger partial charge in [-0.05, 0) is 60.7 Å². The second-order valence-corrected chi connectivity index (χ2v) is 9.98. The number of rotatable bonds is 10. The van der Waals surface area contributed by atoms with Gasteiger partial charge in [-0.1, -0.05) is 36.4 Å². The molecular weight excluding hydrogens is 476 g/mol. The molecule has 0 aromatic heterocycles. The van der Waals surface area contributed by atoms with Gasteiger partial charge < -0.3 is 14.2 Å². The molecule has 4 rings (SSSR count). The minimum atomic E-state index is -3.52. The van der Waals surface area contributed by atoms with Crippen molar-refractivity contribution in [2.45, 2.75) is 32.5 Å². The summed E-state index contributed by atoms with van der Waals surface area (Å²) in [5, 5.41) is 0. The molecule has 0 saturated carbocycles. The average Bonchev–Trinajstić information content (AvgIpc) is 2.80. The van der Waals surface area contributed by atoms with Crippen molar-refractivity contribution >= 4 is 15.7 Å². The van der Waals surface area contributed by atoms with E-state index in [9.17, 15) is 17.2 Å². The van der Waals surface area contributed by atoms with Crippen LogP contribution >= 0.6 is 0 Å². The molecule has 0 aliphatic carbocycles. The highest BCUT2D eigenvalue weighted by Crippen LogP contribution is 2.49. The quantitative estimate of drug-likeness (QED) is 0.355. The highest BCUT2D eigenvalue weighted by Gasteiger charge is 2.31. The van der Waals surface area contributed by atoms with Crippen LogP contribution in [0.1, 0.15) is 36.1 Å². The van der Waals surface area contributed by atoms with E-state index in [0.29, 0.717) is 41.3 Å². The average molecular weight is 504 g/mol. The smallest absolute Gasteiger partial charge is 0.387 e. The Bertz CT molecular complexity index is 1300. The molecule has 0 spiro atoms. The van der Waals surface area contributed by atoms with Crippen molar-refractivity contribution in [3.63, 3.8) is 0 Å². The number of hydrogen-bond acceptors (Lipinski definition) is 5. The Morgan fingerprint density at radius 2 is 1.89 bits per heavy atom. The Hall–Kier alpha value is -3.17. The van der Waals surface area contributed by atoms with Crippen LogP contribution in [-0.2, 0) is 21.2 Å². The van der Waals surface area contributed by atoms with Crippen LogP contribution in [0.25, 0.3) is 11.1 Å². The van der Waals surface area contributed by atoms with E-state index in [1.807, 2.05) is 31.2 Å². The van der Waals surface area contributed by atoms with Gasteiger partial charge >= 0.3 is 6.61 Å². The third-order valence-electron chi connectivity index (χ3n) is 5.57. The molecule has 1 atom stereocenters. The third kappa shape index (κ3) is 6.10. The van der Waals surface area contributed by atoms with Gasteiger partial charge in [-0.3, -0.25) is 4.72 Å². The summed E-state index contributed by atoms with van der Waals surface area (Å²) in [5.74, 6) is 0.400. The summed E-state index contributed by atoms with van der Waals surface area (Å²) in [5.41, 5.74) is 4.00. The highest BCUT2D eigenvalue weighted by atomic mass is 32.2. The van der Waals surface area contributed by atoms with E-state index in [2.05, 4.69) is 4.72 Å². The van der Waals surface area contributed by atoms with Crippen molar-refractivity contribution in [1.82, 2.24) is 0 Å². The normalized spacial score (nSPS) is 14.7. The number of hydrogen-bond donors (Lipinski definition) is 1. The molecule has 1 heterocycles. The summed E-state index contributed by atoms with van der Waals surface area (Å²) in [6, 6.07) is 17.7. The monoisotopic (exact) mass is 503 g/mol. The van der Waals surface area contributed by atoms with Crippen LogP contribution in [0, 0.1) is 0 Å². The lowest BCUT2D eigenvalue weighted by Crippen LogP contribution is -2.18. The number of ether oxygens (including phenoxy) is 3. The molecule has 0 radical (unpaired) electrons. The first-order valence-corrected chi connectivity index (χ1v) is 13.2. The molecule has 1 aliphatic heterocycles. The topological polar surface area (TPSA) is 73.9 Å². The van der Waals surface area contributed by atoms with E-state index in [1.165, 1.54) is 6.07 Å². The molecule has 0 amide bonds. The third-order valence-corrected chi connectivity index (χ3v) is 6.17. The first kappa shape index (κ1) is 24.9. The lowest BCUT2D eigenvalue weighted by atomic mass is 9.88. The van der Waals surface area contributed by atoms with Gasteiger partial charge in [0.1, 0.15) is 17.6 Å². The van der Waals surface area contributed by atoms with Gasteiger partial charge in [-0.25, -0.2) is 8.42 Å². The number of halogens is 2. The minimum Gasteiger partial charge on any atom is -0.480 e. The Labute approximate surface area is 203 Å². The van der Waals surface area contributed by atoms with Crippen LogP contribution < -0.4 is 14.2 Å². The van der Waals surface area contributed by atoms with Gasteiger partial charge in [0.25, 0.3) is 0 Å². The summed E-state index contributed by atoms with van der Waals surface area (Å²) in [7, 11) is -3.52. The molecule has 0 saturated heterocycles. The SMILES string of the molecule is CCOCCCc1cccc(C2Oc3cccc(OC(F)F)c3-c3ccc(NS(C)(=O)=O)cc32)c1. The first-order valence-electron chi connectivity index (χ1n) is 11.3. The Balaban J connectivity index is 1.78. The molecular formula is C26H27F2NO5S. The molecule has 35 heavy (non-hydrogen) atoms. The van der Waals surface area contributed by atoms with E-state index in [4.69, 9.17) is 14.2 Å². The lowest BCUT2D eigenvalue weighted by molar-refractivity contribution is -0.0496. The number of anilines is 1. The number of alkyl halides is 2. The van der Waals surface area contributed by atoms with Crippen LogP contribution in [-0.4, -0.2) is 34.5 Å². The van der Waals surface area contributed by atoms with Crippen LogP contribution in [0.4, 0.5) is 14.5 Å². The largest absolute Gasteiger partial charge is 0.480 e. The molecule has 0 fully saturated rings. The van der Waals surface area contributed by atoms with Crippen LogP contribution in [0.3, 0.4) is 0 Å². The van der Waals surface area contributed by atoms with Gasteiger partial charge in [0, 0.05) is 24.5 Å². The fourth-order valence-corrected chi connectivity index (χ4v) is 4.78.